The van der Waals surface area contributed by atoms with Crippen LogP contribution in [0.1, 0.15) is 13.8 Å². The topological polar surface area (TPSA) is 27.7 Å². The van der Waals surface area contributed by atoms with E-state index in [1.54, 1.807) is 0 Å². The lowest BCUT2D eigenvalue weighted by Crippen LogP contribution is -2.37. The van der Waals surface area contributed by atoms with Gasteiger partial charge in [-0.2, -0.15) is 0 Å². The largest absolute Gasteiger partial charge is 0.410 e. The molecule has 0 fully saturated rings. The van der Waals surface area contributed by atoms with Crippen molar-refractivity contribution in [1.82, 2.24) is 0 Å². The highest BCUT2D eigenvalue weighted by Gasteiger charge is 2.21. The van der Waals surface area contributed by atoms with Crippen LogP contribution in [0.2, 0.25) is 19.6 Å². The lowest BCUT2D eigenvalue weighted by Gasteiger charge is -2.26. The number of rotatable bonds is 10. The van der Waals surface area contributed by atoms with Gasteiger partial charge >= 0.3 is 0 Å². The van der Waals surface area contributed by atoms with Crippen molar-refractivity contribution >= 4 is 8.32 Å². The average molecular weight is 272 g/mol. The predicted octanol–water partition coefficient (Wildman–Crippen LogP) is 3.39. The SMILES string of the molecule is C=C(C)COCC(COCC(=C)C)O[Si](C)(C)C. The summed E-state index contributed by atoms with van der Waals surface area (Å²) in [4.78, 5) is 0. The average Bonchev–Trinajstić information content (AvgIpc) is 2.13. The van der Waals surface area contributed by atoms with Gasteiger partial charge in [-0.05, 0) is 33.5 Å². The first-order chi connectivity index (χ1) is 8.20. The fourth-order valence-electron chi connectivity index (χ4n) is 1.35. The molecule has 0 aromatic heterocycles. The minimum atomic E-state index is -1.58. The molecule has 0 saturated carbocycles. The van der Waals surface area contributed by atoms with Crippen molar-refractivity contribution in [1.29, 1.82) is 0 Å². The normalized spacial score (nSPS) is 11.9. The Balaban J connectivity index is 4.07. The second-order valence-electron chi connectivity index (χ2n) is 5.80. The molecule has 0 heterocycles. The standard InChI is InChI=1S/C14H28O3Si/c1-12(2)8-15-10-14(17-18(5,6)7)11-16-9-13(3)4/h14H,1,3,8-11H2,2,4-7H3. The molecule has 0 aliphatic heterocycles. The van der Waals surface area contributed by atoms with Crippen LogP contribution in [0.4, 0.5) is 0 Å². The first-order valence-corrected chi connectivity index (χ1v) is 9.73. The fourth-order valence-corrected chi connectivity index (χ4v) is 2.48. The van der Waals surface area contributed by atoms with Crippen LogP contribution in [0.5, 0.6) is 0 Å². The molecule has 4 heteroatoms. The Hall–Kier alpha value is -0.423. The van der Waals surface area contributed by atoms with E-state index in [1.165, 1.54) is 0 Å². The Morgan fingerprint density at radius 2 is 1.33 bits per heavy atom. The number of hydrogen-bond acceptors (Lipinski definition) is 3. The van der Waals surface area contributed by atoms with E-state index in [4.69, 9.17) is 13.9 Å². The van der Waals surface area contributed by atoms with E-state index < -0.39 is 8.32 Å². The third-order valence-electron chi connectivity index (χ3n) is 1.82. The summed E-state index contributed by atoms with van der Waals surface area (Å²) in [6.07, 6.45) is -0.00429. The van der Waals surface area contributed by atoms with E-state index in [0.29, 0.717) is 26.4 Å². The molecule has 0 bridgehead atoms. The molecule has 0 aromatic carbocycles. The van der Waals surface area contributed by atoms with Crippen molar-refractivity contribution in [2.45, 2.75) is 39.6 Å². The van der Waals surface area contributed by atoms with Gasteiger partial charge in [-0.25, -0.2) is 0 Å². The van der Waals surface area contributed by atoms with Gasteiger partial charge < -0.3 is 13.9 Å². The maximum atomic E-state index is 6.03. The lowest BCUT2D eigenvalue weighted by molar-refractivity contribution is 0.000444. The smallest absolute Gasteiger partial charge is 0.184 e. The summed E-state index contributed by atoms with van der Waals surface area (Å²) in [5.41, 5.74) is 2.04. The highest BCUT2D eigenvalue weighted by Crippen LogP contribution is 2.09. The van der Waals surface area contributed by atoms with Crippen LogP contribution in [0.25, 0.3) is 0 Å². The monoisotopic (exact) mass is 272 g/mol. The molecule has 0 aliphatic carbocycles. The van der Waals surface area contributed by atoms with Crippen LogP contribution in [-0.4, -0.2) is 40.8 Å². The zero-order valence-electron chi connectivity index (χ0n) is 12.5. The first kappa shape index (κ1) is 17.6. The summed E-state index contributed by atoms with van der Waals surface area (Å²) in [6.45, 7) is 20.3. The Labute approximate surface area is 113 Å². The van der Waals surface area contributed by atoms with Crippen molar-refractivity contribution in [3.63, 3.8) is 0 Å². The summed E-state index contributed by atoms with van der Waals surface area (Å²) in [5, 5.41) is 0. The molecular weight excluding hydrogens is 244 g/mol. The molecule has 0 unspecified atom stereocenters. The second-order valence-corrected chi connectivity index (χ2v) is 10.3. The van der Waals surface area contributed by atoms with E-state index in [9.17, 15) is 0 Å². The summed E-state index contributed by atoms with van der Waals surface area (Å²) < 4.78 is 17.1. The summed E-state index contributed by atoms with van der Waals surface area (Å²) in [5.74, 6) is 0. The van der Waals surface area contributed by atoms with Crippen LogP contribution < -0.4 is 0 Å². The zero-order valence-corrected chi connectivity index (χ0v) is 13.5. The summed E-state index contributed by atoms with van der Waals surface area (Å²) >= 11 is 0. The first-order valence-electron chi connectivity index (χ1n) is 6.33. The molecule has 18 heavy (non-hydrogen) atoms. The Kier molecular flexibility index (Phi) is 8.44. The van der Waals surface area contributed by atoms with Gasteiger partial charge in [-0.1, -0.05) is 24.3 Å². The Bertz CT molecular complexity index is 249. The van der Waals surface area contributed by atoms with Crippen LogP contribution in [0.15, 0.2) is 24.3 Å². The number of ether oxygens (including phenoxy) is 2. The van der Waals surface area contributed by atoms with Gasteiger partial charge in [-0.15, -0.1) is 0 Å². The zero-order chi connectivity index (χ0) is 14.2. The van der Waals surface area contributed by atoms with E-state index in [0.717, 1.165) is 11.1 Å². The molecule has 0 rings (SSSR count). The quantitative estimate of drug-likeness (QED) is 0.451. The highest BCUT2D eigenvalue weighted by atomic mass is 28.4. The van der Waals surface area contributed by atoms with E-state index in [1.807, 2.05) is 13.8 Å². The summed E-state index contributed by atoms with van der Waals surface area (Å²) in [6, 6.07) is 0. The summed E-state index contributed by atoms with van der Waals surface area (Å²) in [7, 11) is -1.58. The van der Waals surface area contributed by atoms with Crippen LogP contribution in [0.3, 0.4) is 0 Å². The molecule has 0 N–H and O–H groups in total. The highest BCUT2D eigenvalue weighted by molar-refractivity contribution is 6.69. The van der Waals surface area contributed by atoms with Crippen LogP contribution >= 0.6 is 0 Å². The Morgan fingerprint density at radius 1 is 0.944 bits per heavy atom. The third kappa shape index (κ3) is 12.0. The van der Waals surface area contributed by atoms with Crippen molar-refractivity contribution in [3.8, 4) is 0 Å². The molecule has 0 spiro atoms. The van der Waals surface area contributed by atoms with Crippen molar-refractivity contribution in [2.24, 2.45) is 0 Å². The van der Waals surface area contributed by atoms with E-state index >= 15 is 0 Å². The van der Waals surface area contributed by atoms with Gasteiger partial charge in [-0.3, -0.25) is 0 Å². The van der Waals surface area contributed by atoms with Crippen LogP contribution in [0, 0.1) is 0 Å². The van der Waals surface area contributed by atoms with E-state index in [2.05, 4.69) is 32.8 Å². The molecule has 0 amide bonds. The molecule has 0 aliphatic rings. The minimum Gasteiger partial charge on any atom is -0.410 e. The lowest BCUT2D eigenvalue weighted by atomic mass is 10.3. The van der Waals surface area contributed by atoms with Crippen molar-refractivity contribution in [2.75, 3.05) is 26.4 Å². The molecule has 0 saturated heterocycles. The fraction of sp³-hybridized carbons (Fsp3) is 0.714. The van der Waals surface area contributed by atoms with Gasteiger partial charge in [0.25, 0.3) is 0 Å². The van der Waals surface area contributed by atoms with Gasteiger partial charge in [0.05, 0.1) is 32.5 Å². The maximum Gasteiger partial charge on any atom is 0.184 e. The molecule has 0 aromatic rings. The predicted molar refractivity (Wildman–Crippen MR) is 79.5 cm³/mol. The van der Waals surface area contributed by atoms with Gasteiger partial charge in [0.2, 0.25) is 0 Å². The van der Waals surface area contributed by atoms with Gasteiger partial charge in [0.1, 0.15) is 0 Å². The molecule has 0 radical (unpaired) electrons. The van der Waals surface area contributed by atoms with E-state index in [-0.39, 0.29) is 6.10 Å². The van der Waals surface area contributed by atoms with Gasteiger partial charge in [0.15, 0.2) is 8.32 Å². The molecular formula is C14H28O3Si. The maximum absolute atomic E-state index is 6.03. The molecule has 0 atom stereocenters. The molecule has 3 nitrogen and oxygen atoms in total. The van der Waals surface area contributed by atoms with Crippen molar-refractivity contribution < 1.29 is 13.9 Å². The number of hydrogen-bond donors (Lipinski definition) is 0. The van der Waals surface area contributed by atoms with Crippen molar-refractivity contribution in [3.05, 3.63) is 24.3 Å². The third-order valence-corrected chi connectivity index (χ3v) is 2.87. The Morgan fingerprint density at radius 3 is 1.61 bits per heavy atom. The molecule has 106 valence electrons. The van der Waals surface area contributed by atoms with Gasteiger partial charge in [0, 0.05) is 0 Å². The second kappa shape index (κ2) is 8.64. The van der Waals surface area contributed by atoms with Crippen LogP contribution in [-0.2, 0) is 13.9 Å². The minimum absolute atomic E-state index is 0.00429.